The summed E-state index contributed by atoms with van der Waals surface area (Å²) < 4.78 is 14.6. The molecule has 1 aromatic heterocycles. The van der Waals surface area contributed by atoms with Crippen LogP contribution >= 0.6 is 0 Å². The minimum absolute atomic E-state index is 0.262. The van der Waals surface area contributed by atoms with Crippen LogP contribution in [0.4, 0.5) is 10.1 Å². The fraction of sp³-hybridized carbons (Fsp3) is 0.273. The van der Waals surface area contributed by atoms with Crippen LogP contribution in [0, 0.1) is 15.9 Å². The van der Waals surface area contributed by atoms with E-state index in [1.807, 2.05) is 0 Å². The minimum atomic E-state index is -0.691. The molecular weight excluding hydrogens is 253 g/mol. The second kappa shape index (κ2) is 5.53. The molecule has 100 valence electrons. The first-order valence-electron chi connectivity index (χ1n) is 5.67. The maximum atomic E-state index is 13.3. The van der Waals surface area contributed by atoms with Gasteiger partial charge < -0.3 is 5.73 Å². The van der Waals surface area contributed by atoms with E-state index in [1.54, 1.807) is 6.20 Å². The third kappa shape index (κ3) is 3.10. The number of aromatic nitrogens is 3. The Morgan fingerprint density at radius 1 is 1.42 bits per heavy atom. The van der Waals surface area contributed by atoms with Gasteiger partial charge in [-0.15, -0.1) is 5.10 Å². The van der Waals surface area contributed by atoms with Crippen molar-refractivity contribution in [3.8, 4) is 5.69 Å². The summed E-state index contributed by atoms with van der Waals surface area (Å²) in [5.74, 6) is -0.691. The van der Waals surface area contributed by atoms with Gasteiger partial charge in [0, 0.05) is 12.1 Å². The number of non-ortho nitro benzene ring substituents is 1. The number of rotatable bonds is 5. The van der Waals surface area contributed by atoms with Gasteiger partial charge in [-0.05, 0) is 19.4 Å². The predicted molar refractivity (Wildman–Crippen MR) is 65.3 cm³/mol. The summed E-state index contributed by atoms with van der Waals surface area (Å²) in [4.78, 5) is 10.0. The largest absolute Gasteiger partial charge is 0.330 e. The van der Waals surface area contributed by atoms with Crippen LogP contribution in [0.25, 0.3) is 5.69 Å². The highest BCUT2D eigenvalue weighted by Gasteiger charge is 2.12. The first-order chi connectivity index (χ1) is 9.10. The van der Waals surface area contributed by atoms with E-state index in [0.29, 0.717) is 18.7 Å². The number of nitrogens with two attached hydrogens (primary N) is 1. The molecule has 0 saturated heterocycles. The van der Waals surface area contributed by atoms with E-state index >= 15 is 0 Å². The first-order valence-corrected chi connectivity index (χ1v) is 5.67. The van der Waals surface area contributed by atoms with Crippen molar-refractivity contribution in [3.63, 3.8) is 0 Å². The Bertz CT molecular complexity index is 599. The number of benzene rings is 1. The summed E-state index contributed by atoms with van der Waals surface area (Å²) in [6.07, 6.45) is 3.03. The second-order valence-electron chi connectivity index (χ2n) is 3.97. The maximum absolute atomic E-state index is 13.3. The van der Waals surface area contributed by atoms with Crippen LogP contribution < -0.4 is 5.73 Å². The number of nitro benzene ring substituents is 1. The first kappa shape index (κ1) is 13.1. The lowest BCUT2D eigenvalue weighted by Crippen LogP contribution is -2.00. The summed E-state index contributed by atoms with van der Waals surface area (Å²) in [5, 5.41) is 18.4. The summed E-state index contributed by atoms with van der Waals surface area (Å²) >= 11 is 0. The lowest BCUT2D eigenvalue weighted by atomic mass is 10.2. The molecule has 0 atom stereocenters. The van der Waals surface area contributed by atoms with Gasteiger partial charge >= 0.3 is 0 Å². The van der Waals surface area contributed by atoms with Gasteiger partial charge in [0.1, 0.15) is 5.82 Å². The molecule has 2 aromatic rings. The third-order valence-electron chi connectivity index (χ3n) is 2.52. The molecular formula is C11H12FN5O2. The van der Waals surface area contributed by atoms with Crippen molar-refractivity contribution in [1.82, 2.24) is 15.0 Å². The van der Waals surface area contributed by atoms with Crippen LogP contribution in [-0.4, -0.2) is 26.5 Å². The molecule has 2 N–H and O–H groups in total. The van der Waals surface area contributed by atoms with E-state index in [2.05, 4.69) is 10.3 Å². The van der Waals surface area contributed by atoms with Crippen molar-refractivity contribution in [2.45, 2.75) is 12.8 Å². The average Bonchev–Trinajstić information content (AvgIpc) is 2.84. The molecule has 0 aliphatic rings. The van der Waals surface area contributed by atoms with Crippen molar-refractivity contribution in [3.05, 3.63) is 46.0 Å². The molecule has 0 aliphatic heterocycles. The molecule has 19 heavy (non-hydrogen) atoms. The molecule has 1 aromatic carbocycles. The van der Waals surface area contributed by atoms with Gasteiger partial charge in [0.25, 0.3) is 5.69 Å². The molecule has 0 spiro atoms. The zero-order chi connectivity index (χ0) is 13.8. The average molecular weight is 265 g/mol. The van der Waals surface area contributed by atoms with E-state index in [4.69, 9.17) is 5.73 Å². The molecule has 0 unspecified atom stereocenters. The number of nitro groups is 1. The van der Waals surface area contributed by atoms with Gasteiger partial charge in [0.15, 0.2) is 0 Å². The van der Waals surface area contributed by atoms with E-state index in [1.165, 1.54) is 10.7 Å². The molecule has 8 heteroatoms. The Kier molecular flexibility index (Phi) is 3.81. The minimum Gasteiger partial charge on any atom is -0.330 e. The fourth-order valence-corrected chi connectivity index (χ4v) is 1.62. The summed E-state index contributed by atoms with van der Waals surface area (Å²) in [6, 6.07) is 3.26. The van der Waals surface area contributed by atoms with Crippen LogP contribution in [0.5, 0.6) is 0 Å². The van der Waals surface area contributed by atoms with Crippen molar-refractivity contribution >= 4 is 5.69 Å². The number of hydrogen-bond acceptors (Lipinski definition) is 5. The molecule has 0 radical (unpaired) electrons. The highest BCUT2D eigenvalue weighted by molar-refractivity contribution is 5.43. The molecule has 7 nitrogen and oxygen atoms in total. The zero-order valence-electron chi connectivity index (χ0n) is 9.99. The molecule has 0 aliphatic carbocycles. The van der Waals surface area contributed by atoms with E-state index in [-0.39, 0.29) is 11.4 Å². The molecule has 0 fully saturated rings. The third-order valence-corrected chi connectivity index (χ3v) is 2.52. The van der Waals surface area contributed by atoms with Crippen molar-refractivity contribution in [2.75, 3.05) is 6.54 Å². The summed E-state index contributed by atoms with van der Waals surface area (Å²) in [6.45, 7) is 0.540. The van der Waals surface area contributed by atoms with Gasteiger partial charge in [0.2, 0.25) is 0 Å². The standard InChI is InChI=1S/C11H12FN5O2/c12-8-4-10(6-11(5-8)17(18)19)16-7-9(14-15-16)2-1-3-13/h4-7H,1-3,13H2. The van der Waals surface area contributed by atoms with Crippen molar-refractivity contribution in [1.29, 1.82) is 0 Å². The number of hydrogen-bond donors (Lipinski definition) is 1. The Balaban J connectivity index is 2.30. The second-order valence-corrected chi connectivity index (χ2v) is 3.97. The topological polar surface area (TPSA) is 99.9 Å². The van der Waals surface area contributed by atoms with E-state index in [0.717, 1.165) is 18.6 Å². The van der Waals surface area contributed by atoms with Gasteiger partial charge in [-0.1, -0.05) is 5.21 Å². The van der Waals surface area contributed by atoms with Crippen molar-refractivity contribution in [2.24, 2.45) is 5.73 Å². The summed E-state index contributed by atoms with van der Waals surface area (Å²) in [7, 11) is 0. The van der Waals surface area contributed by atoms with E-state index in [9.17, 15) is 14.5 Å². The molecule has 1 heterocycles. The highest BCUT2D eigenvalue weighted by Crippen LogP contribution is 2.19. The SMILES string of the molecule is NCCCc1cn(-c2cc(F)cc([N+](=O)[O-])c2)nn1. The number of aryl methyl sites for hydroxylation is 1. The van der Waals surface area contributed by atoms with Crippen LogP contribution in [0.3, 0.4) is 0 Å². The lowest BCUT2D eigenvalue weighted by molar-refractivity contribution is -0.385. The number of halogens is 1. The fourth-order valence-electron chi connectivity index (χ4n) is 1.62. The Morgan fingerprint density at radius 3 is 2.89 bits per heavy atom. The van der Waals surface area contributed by atoms with Crippen LogP contribution in [-0.2, 0) is 6.42 Å². The van der Waals surface area contributed by atoms with Crippen LogP contribution in [0.2, 0.25) is 0 Å². The monoisotopic (exact) mass is 265 g/mol. The zero-order valence-corrected chi connectivity index (χ0v) is 9.99. The van der Waals surface area contributed by atoms with Gasteiger partial charge in [-0.2, -0.15) is 0 Å². The van der Waals surface area contributed by atoms with Gasteiger partial charge in [-0.25, -0.2) is 9.07 Å². The van der Waals surface area contributed by atoms with Crippen LogP contribution in [0.15, 0.2) is 24.4 Å². The Morgan fingerprint density at radius 2 is 2.21 bits per heavy atom. The van der Waals surface area contributed by atoms with Gasteiger partial charge in [-0.3, -0.25) is 10.1 Å². The molecule has 2 rings (SSSR count). The smallest absolute Gasteiger partial charge is 0.274 e. The molecule has 0 amide bonds. The molecule has 0 bridgehead atoms. The molecule has 0 saturated carbocycles. The number of nitrogens with zero attached hydrogens (tertiary/aromatic N) is 4. The normalized spacial score (nSPS) is 10.6. The summed E-state index contributed by atoms with van der Waals surface area (Å²) in [5.41, 5.74) is 6.03. The Labute approximate surface area is 108 Å². The quantitative estimate of drug-likeness (QED) is 0.646. The lowest BCUT2D eigenvalue weighted by Gasteiger charge is -2.00. The van der Waals surface area contributed by atoms with E-state index < -0.39 is 10.7 Å². The van der Waals surface area contributed by atoms with Crippen molar-refractivity contribution < 1.29 is 9.31 Å². The predicted octanol–water partition coefficient (Wildman–Crippen LogP) is 1.21. The van der Waals surface area contributed by atoms with Gasteiger partial charge in [0.05, 0.1) is 28.6 Å². The highest BCUT2D eigenvalue weighted by atomic mass is 19.1. The Hall–Kier alpha value is -2.35. The maximum Gasteiger partial charge on any atom is 0.274 e. The van der Waals surface area contributed by atoms with Crippen LogP contribution in [0.1, 0.15) is 12.1 Å².